The van der Waals surface area contributed by atoms with Gasteiger partial charge in [0.2, 0.25) is 0 Å². The first-order chi connectivity index (χ1) is 11.5. The summed E-state index contributed by atoms with van der Waals surface area (Å²) in [6.07, 6.45) is 0.779. The van der Waals surface area contributed by atoms with E-state index in [9.17, 15) is 9.59 Å². The predicted octanol–water partition coefficient (Wildman–Crippen LogP) is 2.03. The Hall–Kier alpha value is -2.24. The highest BCUT2D eigenvalue weighted by molar-refractivity contribution is 5.78. The third-order valence-electron chi connectivity index (χ3n) is 3.90. The zero-order chi connectivity index (χ0) is 17.5. The van der Waals surface area contributed by atoms with Crippen LogP contribution in [0.1, 0.15) is 25.8 Å². The number of hydrogen-bond acceptors (Lipinski definition) is 3. The number of benzene rings is 1. The van der Waals surface area contributed by atoms with E-state index in [0.29, 0.717) is 31.9 Å². The highest BCUT2D eigenvalue weighted by Gasteiger charge is 2.22. The normalized spacial score (nSPS) is 15.2. The molecular formula is C18H27N3O3. The van der Waals surface area contributed by atoms with E-state index in [0.717, 1.165) is 12.0 Å². The van der Waals surface area contributed by atoms with E-state index in [1.807, 2.05) is 45.0 Å². The Morgan fingerprint density at radius 3 is 2.58 bits per heavy atom. The number of amides is 3. The van der Waals surface area contributed by atoms with Gasteiger partial charge in [0.25, 0.3) is 5.91 Å². The van der Waals surface area contributed by atoms with Crippen LogP contribution in [0.4, 0.5) is 4.79 Å². The largest absolute Gasteiger partial charge is 0.484 e. The van der Waals surface area contributed by atoms with Crippen LogP contribution in [-0.4, -0.2) is 60.6 Å². The standard InChI is InChI=1S/C18H27N3O3/c1-14(2)19-18(23)21-9-5-8-20(10-11-21)17(22)13-24-16-7-4-6-15(3)12-16/h4,6-7,12,14H,5,8-11,13H2,1-3H3,(H,19,23). The fourth-order valence-corrected chi connectivity index (χ4v) is 2.65. The van der Waals surface area contributed by atoms with Crippen molar-refractivity contribution in [3.05, 3.63) is 29.8 Å². The quantitative estimate of drug-likeness (QED) is 0.917. The molecule has 0 aromatic heterocycles. The van der Waals surface area contributed by atoms with Crippen LogP contribution in [0, 0.1) is 6.92 Å². The highest BCUT2D eigenvalue weighted by Crippen LogP contribution is 2.13. The minimum Gasteiger partial charge on any atom is -0.484 e. The lowest BCUT2D eigenvalue weighted by molar-refractivity contribution is -0.133. The lowest BCUT2D eigenvalue weighted by atomic mass is 10.2. The fourth-order valence-electron chi connectivity index (χ4n) is 2.65. The Bertz CT molecular complexity index is 574. The molecule has 0 unspecified atom stereocenters. The molecule has 0 radical (unpaired) electrons. The van der Waals surface area contributed by atoms with Crippen LogP contribution in [-0.2, 0) is 4.79 Å². The van der Waals surface area contributed by atoms with Crippen molar-refractivity contribution in [2.45, 2.75) is 33.2 Å². The van der Waals surface area contributed by atoms with Crippen molar-refractivity contribution in [2.75, 3.05) is 32.8 Å². The van der Waals surface area contributed by atoms with E-state index < -0.39 is 0 Å². The van der Waals surface area contributed by atoms with Gasteiger partial charge in [0.05, 0.1) is 0 Å². The summed E-state index contributed by atoms with van der Waals surface area (Å²) in [7, 11) is 0. The van der Waals surface area contributed by atoms with Crippen LogP contribution < -0.4 is 10.1 Å². The molecule has 1 fully saturated rings. The summed E-state index contributed by atoms with van der Waals surface area (Å²) in [5.41, 5.74) is 1.10. The molecule has 1 aliphatic rings. The van der Waals surface area contributed by atoms with Crippen LogP contribution >= 0.6 is 0 Å². The predicted molar refractivity (Wildman–Crippen MR) is 93.1 cm³/mol. The van der Waals surface area contributed by atoms with Gasteiger partial charge in [-0.3, -0.25) is 4.79 Å². The van der Waals surface area contributed by atoms with E-state index in [4.69, 9.17) is 4.74 Å². The molecule has 1 aliphatic heterocycles. The van der Waals surface area contributed by atoms with Gasteiger partial charge in [-0.25, -0.2) is 4.79 Å². The molecule has 24 heavy (non-hydrogen) atoms. The number of carbonyl (C=O) groups excluding carboxylic acids is 2. The molecule has 3 amide bonds. The molecule has 1 aromatic carbocycles. The number of ether oxygens (including phenoxy) is 1. The maximum atomic E-state index is 12.3. The van der Waals surface area contributed by atoms with Gasteiger partial charge in [-0.1, -0.05) is 12.1 Å². The Morgan fingerprint density at radius 2 is 1.88 bits per heavy atom. The Labute approximate surface area is 143 Å². The molecule has 6 nitrogen and oxygen atoms in total. The topological polar surface area (TPSA) is 61.9 Å². The van der Waals surface area contributed by atoms with Gasteiger partial charge in [-0.05, 0) is 44.9 Å². The average molecular weight is 333 g/mol. The second-order valence-corrected chi connectivity index (χ2v) is 6.43. The van der Waals surface area contributed by atoms with Crippen LogP contribution in [0.3, 0.4) is 0 Å². The lowest BCUT2D eigenvalue weighted by Crippen LogP contribution is -2.45. The minimum absolute atomic E-state index is 0.0294. The van der Waals surface area contributed by atoms with E-state index in [1.165, 1.54) is 0 Å². The fraction of sp³-hybridized carbons (Fsp3) is 0.556. The van der Waals surface area contributed by atoms with Crippen molar-refractivity contribution in [3.8, 4) is 5.75 Å². The molecule has 0 atom stereocenters. The van der Waals surface area contributed by atoms with Crippen molar-refractivity contribution in [1.82, 2.24) is 15.1 Å². The van der Waals surface area contributed by atoms with Gasteiger partial charge in [-0.15, -0.1) is 0 Å². The van der Waals surface area contributed by atoms with Gasteiger partial charge in [-0.2, -0.15) is 0 Å². The number of aryl methyl sites for hydroxylation is 1. The van der Waals surface area contributed by atoms with E-state index in [2.05, 4.69) is 5.32 Å². The zero-order valence-corrected chi connectivity index (χ0v) is 14.7. The number of hydrogen-bond donors (Lipinski definition) is 1. The maximum Gasteiger partial charge on any atom is 0.317 e. The molecule has 1 heterocycles. The van der Waals surface area contributed by atoms with Crippen molar-refractivity contribution in [1.29, 1.82) is 0 Å². The first kappa shape index (κ1) is 18.1. The first-order valence-corrected chi connectivity index (χ1v) is 8.48. The molecule has 0 aliphatic carbocycles. The van der Waals surface area contributed by atoms with Crippen molar-refractivity contribution < 1.29 is 14.3 Å². The van der Waals surface area contributed by atoms with Crippen LogP contribution in [0.15, 0.2) is 24.3 Å². The monoisotopic (exact) mass is 333 g/mol. The number of carbonyl (C=O) groups is 2. The molecule has 0 saturated carbocycles. The maximum absolute atomic E-state index is 12.3. The molecule has 6 heteroatoms. The highest BCUT2D eigenvalue weighted by atomic mass is 16.5. The molecule has 0 spiro atoms. The van der Waals surface area contributed by atoms with E-state index in [-0.39, 0.29) is 24.6 Å². The second kappa shape index (κ2) is 8.57. The average Bonchev–Trinajstić information content (AvgIpc) is 2.78. The van der Waals surface area contributed by atoms with Gasteiger partial charge in [0.1, 0.15) is 5.75 Å². The second-order valence-electron chi connectivity index (χ2n) is 6.43. The van der Waals surface area contributed by atoms with Gasteiger partial charge < -0.3 is 19.9 Å². The van der Waals surface area contributed by atoms with Crippen molar-refractivity contribution in [2.24, 2.45) is 0 Å². The molecule has 2 rings (SSSR count). The lowest BCUT2D eigenvalue weighted by Gasteiger charge is -2.23. The summed E-state index contributed by atoms with van der Waals surface area (Å²) in [6, 6.07) is 7.71. The summed E-state index contributed by atoms with van der Waals surface area (Å²) in [5.74, 6) is 0.665. The summed E-state index contributed by atoms with van der Waals surface area (Å²) >= 11 is 0. The minimum atomic E-state index is -0.0599. The Balaban J connectivity index is 1.82. The molecule has 1 saturated heterocycles. The summed E-state index contributed by atoms with van der Waals surface area (Å²) in [5, 5.41) is 2.90. The van der Waals surface area contributed by atoms with Crippen LogP contribution in [0.25, 0.3) is 0 Å². The SMILES string of the molecule is Cc1cccc(OCC(=O)N2CCCN(C(=O)NC(C)C)CC2)c1. The third-order valence-corrected chi connectivity index (χ3v) is 3.90. The molecule has 132 valence electrons. The van der Waals surface area contributed by atoms with Gasteiger partial charge >= 0.3 is 6.03 Å². The van der Waals surface area contributed by atoms with Gasteiger partial charge in [0, 0.05) is 32.2 Å². The smallest absolute Gasteiger partial charge is 0.317 e. The number of nitrogens with zero attached hydrogens (tertiary/aromatic N) is 2. The third kappa shape index (κ3) is 5.44. The first-order valence-electron chi connectivity index (χ1n) is 8.48. The summed E-state index contributed by atoms with van der Waals surface area (Å²) in [4.78, 5) is 28.0. The summed E-state index contributed by atoms with van der Waals surface area (Å²) < 4.78 is 5.59. The summed E-state index contributed by atoms with van der Waals surface area (Å²) in [6.45, 7) is 8.31. The van der Waals surface area contributed by atoms with Crippen molar-refractivity contribution in [3.63, 3.8) is 0 Å². The molecule has 1 aromatic rings. The number of rotatable bonds is 4. The van der Waals surface area contributed by atoms with Crippen molar-refractivity contribution >= 4 is 11.9 Å². The number of nitrogens with one attached hydrogen (secondary N) is 1. The van der Waals surface area contributed by atoms with E-state index >= 15 is 0 Å². The Morgan fingerprint density at radius 1 is 1.17 bits per heavy atom. The molecular weight excluding hydrogens is 306 g/mol. The molecule has 1 N–H and O–H groups in total. The number of urea groups is 1. The van der Waals surface area contributed by atoms with Gasteiger partial charge in [0.15, 0.2) is 6.61 Å². The Kier molecular flexibility index (Phi) is 6.46. The zero-order valence-electron chi connectivity index (χ0n) is 14.7. The van der Waals surface area contributed by atoms with Crippen LogP contribution in [0.2, 0.25) is 0 Å². The molecule has 0 bridgehead atoms. The van der Waals surface area contributed by atoms with Crippen LogP contribution in [0.5, 0.6) is 5.75 Å². The van der Waals surface area contributed by atoms with E-state index in [1.54, 1.807) is 9.80 Å².